The summed E-state index contributed by atoms with van der Waals surface area (Å²) >= 11 is 5.29. The summed E-state index contributed by atoms with van der Waals surface area (Å²) in [5.41, 5.74) is 1.30. The molecule has 0 spiro atoms. The summed E-state index contributed by atoms with van der Waals surface area (Å²) in [6, 6.07) is 6.72. The third kappa shape index (κ3) is 3.63. The molecule has 0 saturated carbocycles. The number of thiophene rings is 1. The molecule has 0 aliphatic carbocycles. The van der Waals surface area contributed by atoms with E-state index in [2.05, 4.69) is 56.7 Å². The Hall–Kier alpha value is -0.710. The van der Waals surface area contributed by atoms with Crippen LogP contribution in [0.15, 0.2) is 40.4 Å². The Morgan fingerprint density at radius 1 is 1.41 bits per heavy atom. The van der Waals surface area contributed by atoms with E-state index >= 15 is 0 Å². The van der Waals surface area contributed by atoms with E-state index in [0.717, 1.165) is 13.0 Å². The van der Waals surface area contributed by atoms with Gasteiger partial charge in [0, 0.05) is 39.6 Å². The molecule has 0 aliphatic rings. The fraction of sp³-hybridized carbons (Fsp3) is 0.308. The molecule has 0 fully saturated rings. The van der Waals surface area contributed by atoms with Crippen LogP contribution in [0.2, 0.25) is 0 Å². The second-order valence-electron chi connectivity index (χ2n) is 3.83. The second-order valence-corrected chi connectivity index (χ2v) is 5.74. The zero-order valence-corrected chi connectivity index (χ0v) is 12.1. The number of pyridine rings is 1. The van der Waals surface area contributed by atoms with Crippen molar-refractivity contribution in [2.75, 3.05) is 6.54 Å². The van der Waals surface area contributed by atoms with E-state index in [9.17, 15) is 0 Å². The average molecular weight is 311 g/mol. The van der Waals surface area contributed by atoms with Crippen LogP contribution in [0, 0.1) is 0 Å². The van der Waals surface area contributed by atoms with Crippen molar-refractivity contribution in [1.29, 1.82) is 0 Å². The maximum Gasteiger partial charge on any atom is 0.0369 e. The number of aromatic nitrogens is 1. The molecule has 0 aromatic carbocycles. The van der Waals surface area contributed by atoms with Gasteiger partial charge in [0.05, 0.1) is 0 Å². The van der Waals surface area contributed by atoms with Crippen molar-refractivity contribution in [3.8, 4) is 0 Å². The molecule has 1 atom stereocenters. The molecule has 0 amide bonds. The molecule has 0 radical (unpaired) electrons. The summed E-state index contributed by atoms with van der Waals surface area (Å²) < 4.78 is 1.17. The van der Waals surface area contributed by atoms with Crippen LogP contribution in [-0.2, 0) is 6.42 Å². The third-order valence-corrected chi connectivity index (χ3v) is 4.31. The van der Waals surface area contributed by atoms with Crippen molar-refractivity contribution in [2.45, 2.75) is 19.4 Å². The van der Waals surface area contributed by atoms with Gasteiger partial charge >= 0.3 is 0 Å². The first-order valence-corrected chi connectivity index (χ1v) is 7.33. The van der Waals surface area contributed by atoms with Gasteiger partial charge in [-0.2, -0.15) is 0 Å². The molecule has 90 valence electrons. The molecule has 0 bridgehead atoms. The van der Waals surface area contributed by atoms with Crippen LogP contribution in [-0.4, -0.2) is 11.5 Å². The van der Waals surface area contributed by atoms with Crippen LogP contribution in [0.3, 0.4) is 0 Å². The highest BCUT2D eigenvalue weighted by Gasteiger charge is 2.11. The van der Waals surface area contributed by atoms with E-state index in [1.54, 1.807) is 11.3 Å². The molecule has 1 unspecified atom stereocenters. The molecule has 2 aromatic rings. The van der Waals surface area contributed by atoms with Crippen LogP contribution in [0.1, 0.15) is 23.4 Å². The van der Waals surface area contributed by atoms with Crippen LogP contribution < -0.4 is 5.32 Å². The predicted molar refractivity (Wildman–Crippen MR) is 76.4 cm³/mol. The van der Waals surface area contributed by atoms with E-state index < -0.39 is 0 Å². The van der Waals surface area contributed by atoms with E-state index in [-0.39, 0.29) is 0 Å². The van der Waals surface area contributed by atoms with Crippen molar-refractivity contribution < 1.29 is 0 Å². The zero-order chi connectivity index (χ0) is 12.1. The Labute approximate surface area is 114 Å². The fourth-order valence-electron chi connectivity index (χ4n) is 1.81. The summed E-state index contributed by atoms with van der Waals surface area (Å²) in [6.45, 7) is 3.11. The van der Waals surface area contributed by atoms with Crippen molar-refractivity contribution in [3.05, 3.63) is 50.9 Å². The van der Waals surface area contributed by atoms with Crippen molar-refractivity contribution in [3.63, 3.8) is 0 Å². The normalized spacial score (nSPS) is 12.6. The minimum Gasteiger partial charge on any atom is -0.310 e. The van der Waals surface area contributed by atoms with Crippen LogP contribution in [0.5, 0.6) is 0 Å². The molecule has 4 heteroatoms. The fourth-order valence-corrected chi connectivity index (χ4v) is 3.31. The lowest BCUT2D eigenvalue weighted by atomic mass is 10.0. The van der Waals surface area contributed by atoms with Crippen LogP contribution in [0.4, 0.5) is 0 Å². The molecule has 17 heavy (non-hydrogen) atoms. The third-order valence-electron chi connectivity index (χ3n) is 2.59. The number of nitrogens with one attached hydrogen (secondary N) is 1. The number of nitrogens with zero attached hydrogens (tertiary/aromatic N) is 1. The van der Waals surface area contributed by atoms with Gasteiger partial charge in [-0.15, -0.1) is 11.3 Å². The lowest BCUT2D eigenvalue weighted by Gasteiger charge is -2.17. The first-order chi connectivity index (χ1) is 8.29. The summed E-state index contributed by atoms with van der Waals surface area (Å²) in [5, 5.41) is 5.65. The molecule has 1 N–H and O–H groups in total. The van der Waals surface area contributed by atoms with Gasteiger partial charge in [-0.3, -0.25) is 4.98 Å². The van der Waals surface area contributed by atoms with Crippen LogP contribution >= 0.6 is 27.3 Å². The predicted octanol–water partition coefficient (Wildman–Crippen LogP) is 3.80. The van der Waals surface area contributed by atoms with Gasteiger partial charge in [-0.25, -0.2) is 0 Å². The second kappa shape index (κ2) is 6.28. The monoisotopic (exact) mass is 310 g/mol. The average Bonchev–Trinajstić information content (AvgIpc) is 2.75. The number of hydrogen-bond acceptors (Lipinski definition) is 3. The minimum absolute atomic E-state index is 0.369. The van der Waals surface area contributed by atoms with Gasteiger partial charge in [0.25, 0.3) is 0 Å². The minimum atomic E-state index is 0.369. The van der Waals surface area contributed by atoms with E-state index in [1.165, 1.54) is 14.9 Å². The van der Waals surface area contributed by atoms with Gasteiger partial charge in [0.1, 0.15) is 0 Å². The summed E-state index contributed by atoms with van der Waals surface area (Å²) in [5.74, 6) is 0. The molecular weight excluding hydrogens is 296 g/mol. The molecule has 0 aliphatic heterocycles. The lowest BCUT2D eigenvalue weighted by molar-refractivity contribution is 0.553. The van der Waals surface area contributed by atoms with Gasteiger partial charge in [-0.1, -0.05) is 6.92 Å². The Kier molecular flexibility index (Phi) is 4.71. The molecule has 2 aromatic heterocycles. The molecule has 2 rings (SSSR count). The van der Waals surface area contributed by atoms with Gasteiger partial charge in [0.2, 0.25) is 0 Å². The summed E-state index contributed by atoms with van der Waals surface area (Å²) in [7, 11) is 0. The molecule has 2 nitrogen and oxygen atoms in total. The van der Waals surface area contributed by atoms with E-state index in [0.29, 0.717) is 6.04 Å². The Morgan fingerprint density at radius 2 is 2.18 bits per heavy atom. The molecular formula is C13H15BrN2S. The highest BCUT2D eigenvalue weighted by molar-refractivity contribution is 9.10. The highest BCUT2D eigenvalue weighted by atomic mass is 79.9. The van der Waals surface area contributed by atoms with E-state index in [4.69, 9.17) is 0 Å². The Bertz CT molecular complexity index is 455. The van der Waals surface area contributed by atoms with Crippen LogP contribution in [0.25, 0.3) is 0 Å². The standard InChI is InChI=1S/C13H15BrN2S/c1-2-16-13(10-3-5-15-6-4-10)8-12-7-11(14)9-17-12/h3-7,9,13,16H,2,8H2,1H3. The van der Waals surface area contributed by atoms with Crippen molar-refractivity contribution in [2.24, 2.45) is 0 Å². The quantitative estimate of drug-likeness (QED) is 0.908. The van der Waals surface area contributed by atoms with E-state index in [1.807, 2.05) is 12.4 Å². The lowest BCUT2D eigenvalue weighted by Crippen LogP contribution is -2.22. The Morgan fingerprint density at radius 3 is 2.76 bits per heavy atom. The maximum absolute atomic E-state index is 4.07. The first-order valence-electron chi connectivity index (χ1n) is 5.66. The number of hydrogen-bond donors (Lipinski definition) is 1. The molecule has 2 heterocycles. The largest absolute Gasteiger partial charge is 0.310 e. The zero-order valence-electron chi connectivity index (χ0n) is 9.69. The van der Waals surface area contributed by atoms with Gasteiger partial charge < -0.3 is 5.32 Å². The highest BCUT2D eigenvalue weighted by Crippen LogP contribution is 2.25. The number of halogens is 1. The summed E-state index contributed by atoms with van der Waals surface area (Å²) in [6.07, 6.45) is 4.72. The topological polar surface area (TPSA) is 24.9 Å². The van der Waals surface area contributed by atoms with Crippen molar-refractivity contribution >= 4 is 27.3 Å². The summed E-state index contributed by atoms with van der Waals surface area (Å²) in [4.78, 5) is 5.45. The first kappa shape index (κ1) is 12.7. The maximum atomic E-state index is 4.07. The van der Waals surface area contributed by atoms with Gasteiger partial charge in [-0.05, 0) is 46.2 Å². The molecule has 0 saturated heterocycles. The smallest absolute Gasteiger partial charge is 0.0369 e. The van der Waals surface area contributed by atoms with Gasteiger partial charge in [0.15, 0.2) is 0 Å². The SMILES string of the molecule is CCNC(Cc1cc(Br)cs1)c1ccncc1. The van der Waals surface area contributed by atoms with Crippen molar-refractivity contribution in [1.82, 2.24) is 10.3 Å². The Balaban J connectivity index is 2.13. The number of likely N-dealkylation sites (N-methyl/N-ethyl adjacent to an activating group) is 1. The number of rotatable bonds is 5.